The van der Waals surface area contributed by atoms with Crippen LogP contribution in [0.5, 0.6) is 5.75 Å². The number of aliphatic hydroxyl groups excluding tert-OH is 2. The van der Waals surface area contributed by atoms with Crippen LogP contribution in [0.3, 0.4) is 0 Å². The zero-order chi connectivity index (χ0) is 22.5. The molecule has 2 aromatic carbocycles. The molecule has 2 rings (SSSR count). The molecule has 0 aromatic heterocycles. The monoisotopic (exact) mass is 449 g/mol. The number of likely N-dealkylation sites (N-methyl/N-ethyl adjacent to an activating group) is 1. The Labute approximate surface area is 184 Å². The van der Waals surface area contributed by atoms with Crippen molar-refractivity contribution in [1.29, 1.82) is 0 Å². The molecule has 0 radical (unpaired) electrons. The number of anilines is 1. The van der Waals surface area contributed by atoms with E-state index in [0.717, 1.165) is 29.7 Å². The van der Waals surface area contributed by atoms with Crippen molar-refractivity contribution in [2.75, 3.05) is 38.3 Å². The van der Waals surface area contributed by atoms with E-state index in [1.165, 1.54) is 0 Å². The first-order valence-corrected chi connectivity index (χ1v) is 11.7. The van der Waals surface area contributed by atoms with Gasteiger partial charge in [-0.2, -0.15) is 8.42 Å². The van der Waals surface area contributed by atoms with Crippen LogP contribution in [0.15, 0.2) is 48.5 Å². The lowest BCUT2D eigenvalue weighted by Crippen LogP contribution is -2.20. The molecule has 0 amide bonds. The third-order valence-corrected chi connectivity index (χ3v) is 5.45. The average molecular weight is 450 g/mol. The standard InChI is InChI=1S/C23H31NO6S/c1-24(16-18-26)22-12-8-20(9-13-22)6-7-21-10-14-23(15-11-21)30-31(27,28)29-19-5-3-2-4-17-25/h6-15,25-26H,2-5,16-19H2,1H3. The third-order valence-electron chi connectivity index (χ3n) is 4.60. The Morgan fingerprint density at radius 3 is 2.00 bits per heavy atom. The van der Waals surface area contributed by atoms with E-state index in [0.29, 0.717) is 19.4 Å². The topological polar surface area (TPSA) is 96.3 Å². The minimum Gasteiger partial charge on any atom is -0.396 e. The normalized spacial score (nSPS) is 11.7. The Morgan fingerprint density at radius 1 is 0.839 bits per heavy atom. The van der Waals surface area contributed by atoms with Gasteiger partial charge in [0.1, 0.15) is 5.75 Å². The maximum atomic E-state index is 11.9. The van der Waals surface area contributed by atoms with Crippen molar-refractivity contribution in [2.24, 2.45) is 0 Å². The zero-order valence-electron chi connectivity index (χ0n) is 17.8. The Hall–Kier alpha value is -2.39. The molecule has 31 heavy (non-hydrogen) atoms. The highest BCUT2D eigenvalue weighted by atomic mass is 32.3. The van der Waals surface area contributed by atoms with E-state index in [-0.39, 0.29) is 25.6 Å². The summed E-state index contributed by atoms with van der Waals surface area (Å²) in [5, 5.41) is 17.7. The van der Waals surface area contributed by atoms with Crippen LogP contribution in [0.4, 0.5) is 5.69 Å². The first-order valence-electron chi connectivity index (χ1n) is 10.3. The summed E-state index contributed by atoms with van der Waals surface area (Å²) in [6, 6.07) is 14.6. The first kappa shape index (κ1) is 24.9. The van der Waals surface area contributed by atoms with Gasteiger partial charge in [-0.15, -0.1) is 0 Å². The van der Waals surface area contributed by atoms with Crippen molar-refractivity contribution in [3.8, 4) is 5.75 Å². The molecule has 0 aliphatic heterocycles. The molecule has 170 valence electrons. The molecule has 8 heteroatoms. The number of unbranched alkanes of at least 4 members (excludes halogenated alkanes) is 3. The molecule has 2 N–H and O–H groups in total. The summed E-state index contributed by atoms with van der Waals surface area (Å²) in [6.07, 6.45) is 6.80. The van der Waals surface area contributed by atoms with Gasteiger partial charge in [0, 0.05) is 25.9 Å². The van der Waals surface area contributed by atoms with E-state index in [4.69, 9.17) is 18.6 Å². The predicted molar refractivity (Wildman–Crippen MR) is 123 cm³/mol. The highest BCUT2D eigenvalue weighted by Gasteiger charge is 2.13. The van der Waals surface area contributed by atoms with Crippen molar-refractivity contribution < 1.29 is 27.0 Å². The van der Waals surface area contributed by atoms with Gasteiger partial charge in [-0.3, -0.25) is 0 Å². The molecular formula is C23H31NO6S. The molecular weight excluding hydrogens is 418 g/mol. The predicted octanol–water partition coefficient (Wildman–Crippen LogP) is 3.48. The van der Waals surface area contributed by atoms with E-state index >= 15 is 0 Å². The smallest absolute Gasteiger partial charge is 0.396 e. The van der Waals surface area contributed by atoms with Crippen molar-refractivity contribution in [3.05, 3.63) is 59.7 Å². The lowest BCUT2D eigenvalue weighted by molar-refractivity contribution is 0.257. The second kappa shape index (κ2) is 13.1. The van der Waals surface area contributed by atoms with Crippen LogP contribution in [0, 0.1) is 0 Å². The number of nitrogens with zero attached hydrogens (tertiary/aromatic N) is 1. The maximum absolute atomic E-state index is 11.9. The summed E-state index contributed by atoms with van der Waals surface area (Å²) in [4.78, 5) is 1.97. The van der Waals surface area contributed by atoms with Crippen LogP contribution in [0.25, 0.3) is 12.2 Å². The Bertz CT molecular complexity index is 895. The summed E-state index contributed by atoms with van der Waals surface area (Å²) in [5.41, 5.74) is 2.95. The molecule has 0 heterocycles. The van der Waals surface area contributed by atoms with Crippen molar-refractivity contribution in [1.82, 2.24) is 0 Å². The molecule has 0 bridgehead atoms. The van der Waals surface area contributed by atoms with E-state index in [1.54, 1.807) is 24.3 Å². The van der Waals surface area contributed by atoms with Gasteiger partial charge < -0.3 is 19.3 Å². The lowest BCUT2D eigenvalue weighted by atomic mass is 10.1. The zero-order valence-corrected chi connectivity index (χ0v) is 18.6. The summed E-state index contributed by atoms with van der Waals surface area (Å²) in [5.74, 6) is 0.189. The van der Waals surface area contributed by atoms with E-state index in [9.17, 15) is 8.42 Å². The lowest BCUT2D eigenvalue weighted by Gasteiger charge is -2.17. The van der Waals surface area contributed by atoms with Crippen LogP contribution < -0.4 is 9.08 Å². The number of benzene rings is 2. The molecule has 0 aliphatic carbocycles. The van der Waals surface area contributed by atoms with Gasteiger partial charge in [0.05, 0.1) is 13.2 Å². The number of aliphatic hydroxyl groups is 2. The van der Waals surface area contributed by atoms with Gasteiger partial charge >= 0.3 is 10.4 Å². The molecule has 0 fully saturated rings. The van der Waals surface area contributed by atoms with E-state index in [2.05, 4.69) is 0 Å². The molecule has 0 saturated heterocycles. The number of hydrogen-bond donors (Lipinski definition) is 2. The van der Waals surface area contributed by atoms with Gasteiger partial charge in [0.25, 0.3) is 0 Å². The van der Waals surface area contributed by atoms with Crippen LogP contribution in [-0.4, -0.2) is 52.0 Å². The second-order valence-corrected chi connectivity index (χ2v) is 8.31. The van der Waals surface area contributed by atoms with Gasteiger partial charge in [-0.05, 0) is 48.2 Å². The summed E-state index contributed by atoms with van der Waals surface area (Å²) in [6.45, 7) is 0.887. The van der Waals surface area contributed by atoms with Crippen LogP contribution in [0.2, 0.25) is 0 Å². The van der Waals surface area contributed by atoms with E-state index < -0.39 is 10.4 Å². The molecule has 2 aromatic rings. The Kier molecular flexibility index (Phi) is 10.5. The maximum Gasteiger partial charge on any atom is 0.449 e. The fraction of sp³-hybridized carbons (Fsp3) is 0.391. The molecule has 0 spiro atoms. The average Bonchev–Trinajstić information content (AvgIpc) is 2.76. The fourth-order valence-corrected chi connectivity index (χ4v) is 3.53. The van der Waals surface area contributed by atoms with Gasteiger partial charge in [-0.25, -0.2) is 4.18 Å². The second-order valence-electron chi connectivity index (χ2n) is 7.09. The van der Waals surface area contributed by atoms with E-state index in [1.807, 2.05) is 48.4 Å². The number of hydrogen-bond acceptors (Lipinski definition) is 7. The van der Waals surface area contributed by atoms with Crippen LogP contribution >= 0.6 is 0 Å². The van der Waals surface area contributed by atoms with Crippen molar-refractivity contribution >= 4 is 28.2 Å². The van der Waals surface area contributed by atoms with Crippen LogP contribution in [0.1, 0.15) is 36.8 Å². The third kappa shape index (κ3) is 9.52. The number of rotatable bonds is 14. The van der Waals surface area contributed by atoms with Gasteiger partial charge in [-0.1, -0.05) is 49.3 Å². The Balaban J connectivity index is 1.84. The van der Waals surface area contributed by atoms with Crippen LogP contribution in [-0.2, 0) is 14.6 Å². The Morgan fingerprint density at radius 2 is 1.42 bits per heavy atom. The van der Waals surface area contributed by atoms with Crippen molar-refractivity contribution in [2.45, 2.75) is 25.7 Å². The quantitative estimate of drug-likeness (QED) is 0.337. The van der Waals surface area contributed by atoms with Gasteiger partial charge in [0.2, 0.25) is 0 Å². The minimum atomic E-state index is -4.10. The minimum absolute atomic E-state index is 0.0587. The summed E-state index contributed by atoms with van der Waals surface area (Å²) >= 11 is 0. The molecule has 0 aliphatic rings. The van der Waals surface area contributed by atoms with Crippen molar-refractivity contribution in [3.63, 3.8) is 0 Å². The van der Waals surface area contributed by atoms with Gasteiger partial charge in [0.15, 0.2) is 0 Å². The highest BCUT2D eigenvalue weighted by Crippen LogP contribution is 2.18. The fourth-order valence-electron chi connectivity index (χ4n) is 2.82. The molecule has 0 unspecified atom stereocenters. The summed E-state index contributed by atoms with van der Waals surface area (Å²) in [7, 11) is -2.17. The highest BCUT2D eigenvalue weighted by molar-refractivity contribution is 7.82. The molecule has 0 atom stereocenters. The largest absolute Gasteiger partial charge is 0.449 e. The molecule has 0 saturated carbocycles. The molecule has 7 nitrogen and oxygen atoms in total. The summed E-state index contributed by atoms with van der Waals surface area (Å²) < 4.78 is 33.6. The SMILES string of the molecule is CN(CCO)c1ccc(C=Cc2ccc(OS(=O)(=O)OCCCCCCO)cc2)cc1. The first-order chi connectivity index (χ1) is 14.9.